The summed E-state index contributed by atoms with van der Waals surface area (Å²) in [6.45, 7) is 0. The molecule has 0 radical (unpaired) electrons. The Morgan fingerprint density at radius 3 is 2.86 bits per heavy atom. The molecule has 0 aliphatic heterocycles. The summed E-state index contributed by atoms with van der Waals surface area (Å²) in [5, 5.41) is 0.999. The van der Waals surface area contributed by atoms with Crippen molar-refractivity contribution < 1.29 is 4.39 Å². The van der Waals surface area contributed by atoms with Crippen LogP contribution in [0.3, 0.4) is 0 Å². The van der Waals surface area contributed by atoms with Gasteiger partial charge in [-0.25, -0.2) is 14.4 Å². The third kappa shape index (κ3) is 2.36. The van der Waals surface area contributed by atoms with Gasteiger partial charge in [-0.3, -0.25) is 0 Å². The van der Waals surface area contributed by atoms with Crippen molar-refractivity contribution in [3.63, 3.8) is 0 Å². The summed E-state index contributed by atoms with van der Waals surface area (Å²) < 4.78 is 13.2. The van der Waals surface area contributed by atoms with Crippen molar-refractivity contribution >= 4 is 23.4 Å². The maximum absolute atomic E-state index is 13.2. The first-order valence-corrected chi connectivity index (χ1v) is 5.86. The van der Waals surface area contributed by atoms with Crippen LogP contribution >= 0.6 is 23.4 Å². The summed E-state index contributed by atoms with van der Waals surface area (Å²) in [5.41, 5.74) is 0. The van der Waals surface area contributed by atoms with Crippen LogP contribution in [0.25, 0.3) is 0 Å². The standard InChI is InChI=1S/C9H10ClFN2S/c10-9-12-5-7(11)8(13-9)14-6-3-1-2-4-6/h5-6H,1-4H2. The topological polar surface area (TPSA) is 25.8 Å². The van der Waals surface area contributed by atoms with Gasteiger partial charge in [-0.2, -0.15) is 0 Å². The van der Waals surface area contributed by atoms with Gasteiger partial charge in [-0.05, 0) is 24.4 Å². The molecular weight excluding hydrogens is 223 g/mol. The van der Waals surface area contributed by atoms with Gasteiger partial charge in [0.15, 0.2) is 5.82 Å². The zero-order valence-corrected chi connectivity index (χ0v) is 9.11. The van der Waals surface area contributed by atoms with Gasteiger partial charge in [-0.1, -0.05) is 24.6 Å². The second-order valence-corrected chi connectivity index (χ2v) is 4.94. The zero-order chi connectivity index (χ0) is 9.97. The molecule has 1 aliphatic rings. The number of halogens is 2. The number of hydrogen-bond acceptors (Lipinski definition) is 3. The lowest BCUT2D eigenvalue weighted by Gasteiger charge is -2.07. The number of thioether (sulfide) groups is 1. The molecular formula is C9H10ClFN2S. The largest absolute Gasteiger partial charge is 0.223 e. The highest BCUT2D eigenvalue weighted by atomic mass is 35.5. The van der Waals surface area contributed by atoms with Gasteiger partial charge in [0.05, 0.1) is 6.20 Å². The second kappa shape index (κ2) is 4.45. The quantitative estimate of drug-likeness (QED) is 0.578. The highest BCUT2D eigenvalue weighted by Crippen LogP contribution is 2.34. The van der Waals surface area contributed by atoms with Crippen molar-refractivity contribution in [1.29, 1.82) is 0 Å². The molecule has 1 fully saturated rings. The molecule has 76 valence electrons. The van der Waals surface area contributed by atoms with E-state index in [0.29, 0.717) is 10.3 Å². The first kappa shape index (κ1) is 10.2. The average Bonchev–Trinajstić information content (AvgIpc) is 2.64. The highest BCUT2D eigenvalue weighted by Gasteiger charge is 2.19. The fraction of sp³-hybridized carbons (Fsp3) is 0.556. The van der Waals surface area contributed by atoms with Gasteiger partial charge in [0.2, 0.25) is 5.28 Å². The van der Waals surface area contributed by atoms with Crippen molar-refractivity contribution in [3.05, 3.63) is 17.3 Å². The highest BCUT2D eigenvalue weighted by molar-refractivity contribution is 7.99. The molecule has 0 N–H and O–H groups in total. The molecule has 1 saturated carbocycles. The molecule has 5 heteroatoms. The lowest BCUT2D eigenvalue weighted by atomic mass is 10.4. The van der Waals surface area contributed by atoms with Gasteiger partial charge in [0, 0.05) is 5.25 Å². The van der Waals surface area contributed by atoms with E-state index in [1.807, 2.05) is 0 Å². The summed E-state index contributed by atoms with van der Waals surface area (Å²) in [5.74, 6) is -0.369. The van der Waals surface area contributed by atoms with E-state index in [2.05, 4.69) is 9.97 Å². The van der Waals surface area contributed by atoms with Gasteiger partial charge < -0.3 is 0 Å². The van der Waals surface area contributed by atoms with Crippen LogP contribution in [0.5, 0.6) is 0 Å². The fourth-order valence-corrected chi connectivity index (χ4v) is 2.95. The van der Waals surface area contributed by atoms with Crippen molar-refractivity contribution in [2.24, 2.45) is 0 Å². The summed E-state index contributed by atoms with van der Waals surface area (Å²) in [6.07, 6.45) is 5.89. The second-order valence-electron chi connectivity index (χ2n) is 3.32. The van der Waals surface area contributed by atoms with Crippen LogP contribution < -0.4 is 0 Å². The molecule has 0 saturated heterocycles. The van der Waals surface area contributed by atoms with Crippen molar-refractivity contribution in [1.82, 2.24) is 9.97 Å². The summed E-state index contributed by atoms with van der Waals surface area (Å²) in [4.78, 5) is 7.46. The van der Waals surface area contributed by atoms with E-state index in [1.54, 1.807) is 0 Å². The third-order valence-corrected chi connectivity index (χ3v) is 3.76. The van der Waals surface area contributed by atoms with E-state index in [0.717, 1.165) is 19.0 Å². The Kier molecular flexibility index (Phi) is 3.23. The number of rotatable bonds is 2. The van der Waals surface area contributed by atoms with Gasteiger partial charge in [0.1, 0.15) is 5.03 Å². The molecule has 0 unspecified atom stereocenters. The molecule has 2 nitrogen and oxygen atoms in total. The summed E-state index contributed by atoms with van der Waals surface area (Å²) in [7, 11) is 0. The minimum atomic E-state index is -0.369. The molecule has 1 aromatic rings. The summed E-state index contributed by atoms with van der Waals surface area (Å²) in [6, 6.07) is 0. The van der Waals surface area contributed by atoms with Crippen LogP contribution in [0.2, 0.25) is 5.28 Å². The Morgan fingerprint density at radius 1 is 1.43 bits per heavy atom. The SMILES string of the molecule is Fc1cnc(Cl)nc1SC1CCCC1. The van der Waals surface area contributed by atoms with Crippen LogP contribution in [0.1, 0.15) is 25.7 Å². The van der Waals surface area contributed by atoms with Crippen molar-refractivity contribution in [2.75, 3.05) is 0 Å². The van der Waals surface area contributed by atoms with Crippen LogP contribution in [0.4, 0.5) is 4.39 Å². The minimum Gasteiger partial charge on any atom is -0.223 e. The lowest BCUT2D eigenvalue weighted by Crippen LogP contribution is -1.98. The Bertz CT molecular complexity index is 329. The molecule has 1 aromatic heterocycles. The lowest BCUT2D eigenvalue weighted by molar-refractivity contribution is 0.578. The van der Waals surface area contributed by atoms with Gasteiger partial charge in [0.25, 0.3) is 0 Å². The molecule has 0 amide bonds. The zero-order valence-electron chi connectivity index (χ0n) is 7.54. The summed E-state index contributed by atoms with van der Waals surface area (Å²) >= 11 is 7.08. The monoisotopic (exact) mass is 232 g/mol. The molecule has 0 spiro atoms. The van der Waals surface area contributed by atoms with Crippen LogP contribution in [0.15, 0.2) is 11.2 Å². The van der Waals surface area contributed by atoms with E-state index in [4.69, 9.17) is 11.6 Å². The van der Waals surface area contributed by atoms with Crippen LogP contribution in [0, 0.1) is 5.82 Å². The maximum atomic E-state index is 13.2. The van der Waals surface area contributed by atoms with E-state index >= 15 is 0 Å². The molecule has 2 rings (SSSR count). The molecule has 0 bridgehead atoms. The fourth-order valence-electron chi connectivity index (χ4n) is 1.58. The first-order chi connectivity index (χ1) is 6.75. The van der Waals surface area contributed by atoms with Crippen LogP contribution in [-0.4, -0.2) is 15.2 Å². The predicted octanol–water partition coefficient (Wildman–Crippen LogP) is 3.30. The maximum Gasteiger partial charge on any atom is 0.223 e. The van der Waals surface area contributed by atoms with Crippen molar-refractivity contribution in [3.8, 4) is 0 Å². The van der Waals surface area contributed by atoms with E-state index in [9.17, 15) is 4.39 Å². The Morgan fingerprint density at radius 2 is 2.14 bits per heavy atom. The van der Waals surface area contributed by atoms with E-state index < -0.39 is 0 Å². The molecule has 1 heterocycles. The Balaban J connectivity index is 2.10. The number of hydrogen-bond donors (Lipinski definition) is 0. The molecule has 14 heavy (non-hydrogen) atoms. The number of nitrogens with zero attached hydrogens (tertiary/aromatic N) is 2. The normalized spacial score (nSPS) is 17.6. The number of aromatic nitrogens is 2. The predicted molar refractivity (Wildman–Crippen MR) is 55.1 cm³/mol. The molecule has 0 atom stereocenters. The Hall–Kier alpha value is -0.350. The van der Waals surface area contributed by atoms with Gasteiger partial charge in [-0.15, -0.1) is 0 Å². The minimum absolute atomic E-state index is 0.117. The smallest absolute Gasteiger partial charge is 0.223 e. The average molecular weight is 233 g/mol. The van der Waals surface area contributed by atoms with Crippen LogP contribution in [-0.2, 0) is 0 Å². The molecule has 1 aliphatic carbocycles. The van der Waals surface area contributed by atoms with E-state index in [-0.39, 0.29) is 11.1 Å². The molecule has 0 aromatic carbocycles. The van der Waals surface area contributed by atoms with Crippen molar-refractivity contribution in [2.45, 2.75) is 36.0 Å². The van der Waals surface area contributed by atoms with Gasteiger partial charge >= 0.3 is 0 Å². The third-order valence-electron chi connectivity index (χ3n) is 2.26. The first-order valence-electron chi connectivity index (χ1n) is 4.60. The van der Waals surface area contributed by atoms with E-state index in [1.165, 1.54) is 24.6 Å². The Labute approximate surface area is 91.3 Å².